The van der Waals surface area contributed by atoms with Crippen LogP contribution in [0.5, 0.6) is 0 Å². The van der Waals surface area contributed by atoms with Crippen LogP contribution in [0.15, 0.2) is 36.1 Å². The van der Waals surface area contributed by atoms with Crippen LogP contribution < -0.4 is 5.84 Å². The van der Waals surface area contributed by atoms with Gasteiger partial charge >= 0.3 is 0 Å². The molecule has 3 N–H and O–H groups in total. The highest BCUT2D eigenvalue weighted by Gasteiger charge is 2.22. The van der Waals surface area contributed by atoms with Gasteiger partial charge in [0.2, 0.25) is 0 Å². The highest BCUT2D eigenvalue weighted by Crippen LogP contribution is 2.18. The molecule has 1 aliphatic heterocycles. The van der Waals surface area contributed by atoms with Crippen LogP contribution in [0.25, 0.3) is 0 Å². The van der Waals surface area contributed by atoms with Crippen molar-refractivity contribution in [3.05, 3.63) is 36.1 Å². The van der Waals surface area contributed by atoms with Crippen molar-refractivity contribution in [1.29, 1.82) is 0 Å². The molecular formula is C9H14N2O2. The second-order valence-corrected chi connectivity index (χ2v) is 2.71. The minimum atomic E-state index is -1.07. The van der Waals surface area contributed by atoms with Crippen molar-refractivity contribution in [2.75, 3.05) is 6.54 Å². The zero-order valence-corrected chi connectivity index (χ0v) is 7.60. The highest BCUT2D eigenvalue weighted by atomic mass is 16.6. The molecule has 4 heteroatoms. The number of nitrogens with zero attached hydrogens (tertiary/aromatic N) is 1. The van der Waals surface area contributed by atoms with Crippen molar-refractivity contribution in [3.8, 4) is 0 Å². The fraction of sp³-hybridized carbons (Fsp3) is 0.333. The van der Waals surface area contributed by atoms with E-state index in [-0.39, 0.29) is 0 Å². The quantitative estimate of drug-likeness (QED) is 0.610. The SMILES string of the molecule is C=CC1=C(/C=C\C)OC(O)N(N)C1. The van der Waals surface area contributed by atoms with Gasteiger partial charge in [-0.1, -0.05) is 18.7 Å². The van der Waals surface area contributed by atoms with Crippen molar-refractivity contribution in [1.82, 2.24) is 5.01 Å². The van der Waals surface area contributed by atoms with E-state index < -0.39 is 6.41 Å². The second kappa shape index (κ2) is 4.23. The standard InChI is InChI=1S/C9H14N2O2/c1-3-5-8-7(4-2)6-11(10)9(12)13-8/h3-5,9,12H,2,6,10H2,1H3/b5-3-. The van der Waals surface area contributed by atoms with E-state index in [9.17, 15) is 5.11 Å². The first kappa shape index (κ1) is 9.98. The molecule has 1 heterocycles. The zero-order chi connectivity index (χ0) is 9.84. The second-order valence-electron chi connectivity index (χ2n) is 2.71. The van der Waals surface area contributed by atoms with E-state index in [1.165, 1.54) is 5.01 Å². The number of allylic oxidation sites excluding steroid dienone is 2. The summed E-state index contributed by atoms with van der Waals surface area (Å²) in [5.74, 6) is 6.07. The Morgan fingerprint density at radius 3 is 3.00 bits per heavy atom. The molecule has 0 radical (unpaired) electrons. The van der Waals surface area contributed by atoms with E-state index in [1.54, 1.807) is 12.2 Å². The Labute approximate surface area is 77.6 Å². The Kier molecular flexibility index (Phi) is 3.25. The van der Waals surface area contributed by atoms with Gasteiger partial charge in [-0.05, 0) is 13.0 Å². The molecule has 72 valence electrons. The maximum absolute atomic E-state index is 9.26. The molecule has 1 rings (SSSR count). The van der Waals surface area contributed by atoms with Gasteiger partial charge in [0, 0.05) is 12.1 Å². The topological polar surface area (TPSA) is 58.7 Å². The maximum atomic E-state index is 9.26. The number of hydrogen-bond acceptors (Lipinski definition) is 4. The van der Waals surface area contributed by atoms with Crippen LogP contribution in [0, 0.1) is 0 Å². The molecule has 1 aliphatic rings. The average molecular weight is 182 g/mol. The first-order valence-electron chi connectivity index (χ1n) is 4.03. The van der Waals surface area contributed by atoms with E-state index in [0.29, 0.717) is 12.3 Å². The Balaban J connectivity index is 2.90. The van der Waals surface area contributed by atoms with Gasteiger partial charge in [-0.25, -0.2) is 0 Å². The van der Waals surface area contributed by atoms with Crippen molar-refractivity contribution in [2.45, 2.75) is 13.3 Å². The molecule has 4 nitrogen and oxygen atoms in total. The van der Waals surface area contributed by atoms with Gasteiger partial charge in [0.05, 0.1) is 0 Å². The van der Waals surface area contributed by atoms with Gasteiger partial charge in [-0.15, -0.1) is 0 Å². The Hall–Kier alpha value is -1.10. The van der Waals surface area contributed by atoms with Crippen LogP contribution >= 0.6 is 0 Å². The molecule has 0 aromatic carbocycles. The summed E-state index contributed by atoms with van der Waals surface area (Å²) in [5, 5.41) is 10.5. The lowest BCUT2D eigenvalue weighted by atomic mass is 10.2. The summed E-state index contributed by atoms with van der Waals surface area (Å²) < 4.78 is 5.12. The summed E-state index contributed by atoms with van der Waals surface area (Å²) in [6, 6.07) is 0. The summed E-state index contributed by atoms with van der Waals surface area (Å²) in [5.41, 5.74) is 0.867. The molecule has 0 aromatic rings. The van der Waals surface area contributed by atoms with Gasteiger partial charge in [-0.2, -0.15) is 5.01 Å². The number of hydrogen-bond donors (Lipinski definition) is 2. The fourth-order valence-electron chi connectivity index (χ4n) is 1.07. The van der Waals surface area contributed by atoms with Gasteiger partial charge in [0.15, 0.2) is 0 Å². The predicted molar refractivity (Wildman–Crippen MR) is 50.0 cm³/mol. The molecule has 0 aromatic heterocycles. The molecular weight excluding hydrogens is 168 g/mol. The molecule has 0 amide bonds. The number of aliphatic hydroxyl groups excluding tert-OH is 1. The number of rotatable bonds is 2. The molecule has 1 unspecified atom stereocenters. The number of ether oxygens (including phenoxy) is 1. The van der Waals surface area contributed by atoms with Crippen LogP contribution in [-0.2, 0) is 4.74 Å². The molecule has 0 fully saturated rings. The van der Waals surface area contributed by atoms with E-state index in [0.717, 1.165) is 5.57 Å². The number of nitrogens with two attached hydrogens (primary N) is 1. The maximum Gasteiger partial charge on any atom is 0.272 e. The third-order valence-electron chi connectivity index (χ3n) is 1.75. The van der Waals surface area contributed by atoms with Crippen molar-refractivity contribution >= 4 is 0 Å². The lowest BCUT2D eigenvalue weighted by molar-refractivity contribution is -0.175. The number of aliphatic hydroxyl groups is 1. The highest BCUT2D eigenvalue weighted by molar-refractivity contribution is 5.30. The first-order valence-corrected chi connectivity index (χ1v) is 4.03. The van der Waals surface area contributed by atoms with E-state index >= 15 is 0 Å². The van der Waals surface area contributed by atoms with Crippen molar-refractivity contribution in [3.63, 3.8) is 0 Å². The minimum absolute atomic E-state index is 0.435. The summed E-state index contributed by atoms with van der Waals surface area (Å²) in [6.07, 6.45) is 4.20. The number of hydrazine groups is 1. The fourth-order valence-corrected chi connectivity index (χ4v) is 1.07. The molecule has 13 heavy (non-hydrogen) atoms. The molecule has 0 saturated heterocycles. The van der Waals surface area contributed by atoms with Crippen LogP contribution in [0.3, 0.4) is 0 Å². The van der Waals surface area contributed by atoms with Crippen LogP contribution in [0.1, 0.15) is 6.92 Å². The van der Waals surface area contributed by atoms with Gasteiger partial charge < -0.3 is 9.84 Å². The third-order valence-corrected chi connectivity index (χ3v) is 1.75. The molecule has 0 spiro atoms. The average Bonchev–Trinajstić information content (AvgIpc) is 2.11. The lowest BCUT2D eigenvalue weighted by Gasteiger charge is -2.29. The Morgan fingerprint density at radius 2 is 2.46 bits per heavy atom. The lowest BCUT2D eigenvalue weighted by Crippen LogP contribution is -2.46. The summed E-state index contributed by atoms with van der Waals surface area (Å²) in [6.45, 7) is 5.95. The minimum Gasteiger partial charge on any atom is -0.450 e. The molecule has 0 saturated carbocycles. The van der Waals surface area contributed by atoms with Crippen LogP contribution in [0.2, 0.25) is 0 Å². The normalized spacial score (nSPS) is 25.0. The Bertz CT molecular complexity index is 258. The van der Waals surface area contributed by atoms with E-state index in [2.05, 4.69) is 6.58 Å². The molecule has 1 atom stereocenters. The first-order chi connectivity index (χ1) is 6.19. The zero-order valence-electron chi connectivity index (χ0n) is 7.60. The van der Waals surface area contributed by atoms with Crippen LogP contribution in [0.4, 0.5) is 0 Å². The Morgan fingerprint density at radius 1 is 1.77 bits per heavy atom. The monoisotopic (exact) mass is 182 g/mol. The van der Waals surface area contributed by atoms with Crippen molar-refractivity contribution in [2.24, 2.45) is 5.84 Å². The summed E-state index contributed by atoms with van der Waals surface area (Å²) in [4.78, 5) is 0. The van der Waals surface area contributed by atoms with Crippen molar-refractivity contribution < 1.29 is 9.84 Å². The third kappa shape index (κ3) is 2.18. The van der Waals surface area contributed by atoms with Gasteiger partial charge in [0.25, 0.3) is 6.41 Å². The molecule has 0 bridgehead atoms. The van der Waals surface area contributed by atoms with E-state index in [1.807, 2.05) is 13.0 Å². The van der Waals surface area contributed by atoms with E-state index in [4.69, 9.17) is 10.6 Å². The molecule has 0 aliphatic carbocycles. The summed E-state index contributed by atoms with van der Waals surface area (Å²) >= 11 is 0. The van der Waals surface area contributed by atoms with Gasteiger partial charge in [-0.3, -0.25) is 5.84 Å². The van der Waals surface area contributed by atoms with Gasteiger partial charge in [0.1, 0.15) is 5.76 Å². The largest absolute Gasteiger partial charge is 0.450 e. The predicted octanol–water partition coefficient (Wildman–Crippen LogP) is 0.484. The summed E-state index contributed by atoms with van der Waals surface area (Å²) in [7, 11) is 0. The smallest absolute Gasteiger partial charge is 0.272 e. The van der Waals surface area contributed by atoms with Crippen LogP contribution in [-0.4, -0.2) is 23.1 Å².